The second kappa shape index (κ2) is 8.83. The van der Waals surface area contributed by atoms with Crippen molar-refractivity contribution in [2.75, 3.05) is 5.32 Å². The Morgan fingerprint density at radius 3 is 2.71 bits per heavy atom. The molecule has 176 valence electrons. The van der Waals surface area contributed by atoms with Crippen LogP contribution >= 0.6 is 11.6 Å². The number of halogens is 4. The summed E-state index contributed by atoms with van der Waals surface area (Å²) in [7, 11) is 0. The summed E-state index contributed by atoms with van der Waals surface area (Å²) < 4.78 is 40.3. The highest BCUT2D eigenvalue weighted by Gasteiger charge is 2.34. The van der Waals surface area contributed by atoms with Crippen molar-refractivity contribution in [3.05, 3.63) is 71.0 Å². The first-order valence-electron chi connectivity index (χ1n) is 11.1. The van der Waals surface area contributed by atoms with Crippen LogP contribution in [-0.4, -0.2) is 28.0 Å². The number of aromatic nitrogens is 2. The second-order valence-corrected chi connectivity index (χ2v) is 9.07. The quantitative estimate of drug-likeness (QED) is 0.306. The van der Waals surface area contributed by atoms with E-state index in [1.54, 1.807) is 18.3 Å². The minimum absolute atomic E-state index is 0.0910. The summed E-state index contributed by atoms with van der Waals surface area (Å²) in [6, 6.07) is 12.9. The molecule has 3 N–H and O–H groups in total. The van der Waals surface area contributed by atoms with Crippen molar-refractivity contribution in [1.29, 1.82) is 0 Å². The van der Waals surface area contributed by atoms with Crippen LogP contribution in [0.1, 0.15) is 41.7 Å². The number of hydrogen-bond acceptors (Lipinski definition) is 3. The Morgan fingerprint density at radius 2 is 1.88 bits per heavy atom. The fourth-order valence-electron chi connectivity index (χ4n) is 4.68. The highest BCUT2D eigenvalue weighted by atomic mass is 35.5. The first-order chi connectivity index (χ1) is 16.3. The molecule has 0 spiro atoms. The molecule has 1 saturated carbocycles. The van der Waals surface area contributed by atoms with Crippen molar-refractivity contribution in [2.45, 2.75) is 43.9 Å². The molecule has 1 aliphatic rings. The first kappa shape index (κ1) is 22.5. The Balaban J connectivity index is 1.36. The number of amides is 1. The molecular formula is C25H22ClF3N4O. The summed E-state index contributed by atoms with van der Waals surface area (Å²) >= 11 is 6.11. The van der Waals surface area contributed by atoms with Crippen LogP contribution in [0.3, 0.4) is 0 Å². The average Bonchev–Trinajstić information content (AvgIpc) is 3.28. The zero-order valence-corrected chi connectivity index (χ0v) is 18.8. The van der Waals surface area contributed by atoms with E-state index in [9.17, 15) is 18.0 Å². The Kier molecular flexibility index (Phi) is 5.85. The molecule has 0 aliphatic heterocycles. The van der Waals surface area contributed by atoms with E-state index in [-0.39, 0.29) is 23.5 Å². The van der Waals surface area contributed by atoms with Gasteiger partial charge < -0.3 is 15.6 Å². The van der Waals surface area contributed by atoms with Crippen molar-refractivity contribution in [3.63, 3.8) is 0 Å². The molecule has 2 heterocycles. The van der Waals surface area contributed by atoms with Crippen LogP contribution in [-0.2, 0) is 6.18 Å². The number of rotatable bonds is 4. The van der Waals surface area contributed by atoms with Gasteiger partial charge in [-0.1, -0.05) is 17.7 Å². The molecule has 2 atom stereocenters. The largest absolute Gasteiger partial charge is 0.433 e. The standard InChI is InChI=1S/C25H22ClF3N4O/c26-14-7-8-21-19(11-14)22(13-23(33-21)25(27,28)29)31-15-3-1-4-16(12-15)32-24(34)18-5-2-6-20-17(18)9-10-30-20/h2,5-11,13,15-16,30H,1,3-4,12H2,(H,31,33)(H,32,34)/t15-,16+/m0/s1. The van der Waals surface area contributed by atoms with Crippen molar-refractivity contribution in [2.24, 2.45) is 0 Å². The Morgan fingerprint density at radius 1 is 1.06 bits per heavy atom. The minimum atomic E-state index is -4.56. The molecule has 0 saturated heterocycles. The summed E-state index contributed by atoms with van der Waals surface area (Å²) in [5.41, 5.74) is 1.10. The van der Waals surface area contributed by atoms with Gasteiger partial charge in [-0.25, -0.2) is 4.98 Å². The number of nitrogens with one attached hydrogen (secondary N) is 3. The molecule has 9 heteroatoms. The van der Waals surface area contributed by atoms with Gasteiger partial charge in [0.2, 0.25) is 0 Å². The third-order valence-corrected chi connectivity index (χ3v) is 6.50. The molecule has 1 amide bonds. The summed E-state index contributed by atoms with van der Waals surface area (Å²) in [5.74, 6) is -0.156. The van der Waals surface area contributed by atoms with Gasteiger partial charge in [0.05, 0.1) is 5.52 Å². The lowest BCUT2D eigenvalue weighted by molar-refractivity contribution is -0.140. The van der Waals surface area contributed by atoms with E-state index < -0.39 is 11.9 Å². The minimum Gasteiger partial charge on any atom is -0.382 e. The van der Waals surface area contributed by atoms with Gasteiger partial charge >= 0.3 is 6.18 Å². The lowest BCUT2D eigenvalue weighted by Crippen LogP contribution is -2.41. The number of hydrogen-bond donors (Lipinski definition) is 3. The molecule has 5 nitrogen and oxygen atoms in total. The average molecular weight is 487 g/mol. The molecule has 1 fully saturated rings. The van der Waals surface area contributed by atoms with Crippen LogP contribution in [0.4, 0.5) is 18.9 Å². The third kappa shape index (κ3) is 4.55. The molecule has 34 heavy (non-hydrogen) atoms. The Hall–Kier alpha value is -3.26. The van der Waals surface area contributed by atoms with E-state index in [4.69, 9.17) is 11.6 Å². The number of H-pyrrole nitrogens is 1. The van der Waals surface area contributed by atoms with Crippen molar-refractivity contribution < 1.29 is 18.0 Å². The van der Waals surface area contributed by atoms with Gasteiger partial charge in [0.15, 0.2) is 0 Å². The number of nitrogens with zero attached hydrogens (tertiary/aromatic N) is 1. The first-order valence-corrected chi connectivity index (χ1v) is 11.5. The fourth-order valence-corrected chi connectivity index (χ4v) is 4.85. The van der Waals surface area contributed by atoms with Gasteiger partial charge in [-0.3, -0.25) is 4.79 Å². The van der Waals surface area contributed by atoms with Crippen LogP contribution in [0, 0.1) is 0 Å². The van der Waals surface area contributed by atoms with E-state index in [1.807, 2.05) is 18.2 Å². The fraction of sp³-hybridized carbons (Fsp3) is 0.280. The van der Waals surface area contributed by atoms with Gasteiger partial charge in [0.1, 0.15) is 5.69 Å². The van der Waals surface area contributed by atoms with Crippen molar-refractivity contribution >= 4 is 45.0 Å². The third-order valence-electron chi connectivity index (χ3n) is 6.27. The van der Waals surface area contributed by atoms with Crippen LogP contribution < -0.4 is 10.6 Å². The normalized spacial score (nSPS) is 18.8. The number of carbonyl (C=O) groups excluding carboxylic acids is 1. The molecule has 0 unspecified atom stereocenters. The SMILES string of the molecule is O=C(N[C@@H]1CCC[C@H](Nc2cc(C(F)(F)F)nc3ccc(Cl)cc23)C1)c1cccc2[nH]ccc12. The van der Waals surface area contributed by atoms with E-state index in [0.717, 1.165) is 36.2 Å². The van der Waals surface area contributed by atoms with Gasteiger partial charge in [0, 0.05) is 50.8 Å². The molecule has 2 aromatic carbocycles. The summed E-state index contributed by atoms with van der Waals surface area (Å²) in [6.07, 6.45) is 0.262. The second-order valence-electron chi connectivity index (χ2n) is 8.64. The maximum Gasteiger partial charge on any atom is 0.433 e. The molecule has 2 aromatic heterocycles. The zero-order chi connectivity index (χ0) is 23.9. The zero-order valence-electron chi connectivity index (χ0n) is 18.0. The maximum absolute atomic E-state index is 13.4. The van der Waals surface area contributed by atoms with Gasteiger partial charge in [-0.05, 0) is 68.1 Å². The maximum atomic E-state index is 13.4. The van der Waals surface area contributed by atoms with Crippen LogP contribution in [0.15, 0.2) is 54.7 Å². The highest BCUT2D eigenvalue weighted by Crippen LogP contribution is 2.35. The van der Waals surface area contributed by atoms with Crippen LogP contribution in [0.2, 0.25) is 5.02 Å². The van der Waals surface area contributed by atoms with Crippen LogP contribution in [0.5, 0.6) is 0 Å². The van der Waals surface area contributed by atoms with Gasteiger partial charge in [-0.2, -0.15) is 13.2 Å². The summed E-state index contributed by atoms with van der Waals surface area (Å²) in [4.78, 5) is 19.8. The van der Waals surface area contributed by atoms with E-state index >= 15 is 0 Å². The summed E-state index contributed by atoms with van der Waals surface area (Å²) in [5, 5.41) is 8.19. The predicted molar refractivity (Wildman–Crippen MR) is 127 cm³/mol. The molecule has 0 radical (unpaired) electrons. The Bertz CT molecular complexity index is 1370. The Labute approximate surface area is 198 Å². The molecule has 5 rings (SSSR count). The van der Waals surface area contributed by atoms with Gasteiger partial charge in [0.25, 0.3) is 5.91 Å². The smallest absolute Gasteiger partial charge is 0.382 e. The molecule has 4 aromatic rings. The number of carbonyl (C=O) groups is 1. The number of anilines is 1. The van der Waals surface area contributed by atoms with Crippen LogP contribution in [0.25, 0.3) is 21.8 Å². The van der Waals surface area contributed by atoms with E-state index in [1.165, 1.54) is 12.1 Å². The van der Waals surface area contributed by atoms with Crippen molar-refractivity contribution in [1.82, 2.24) is 15.3 Å². The van der Waals surface area contributed by atoms with Crippen molar-refractivity contribution in [3.8, 4) is 0 Å². The number of fused-ring (bicyclic) bond motifs is 2. The number of aromatic amines is 1. The van der Waals surface area contributed by atoms with E-state index in [2.05, 4.69) is 20.6 Å². The van der Waals surface area contributed by atoms with Gasteiger partial charge in [-0.15, -0.1) is 0 Å². The molecular weight excluding hydrogens is 465 g/mol. The monoisotopic (exact) mass is 486 g/mol. The predicted octanol–water partition coefficient (Wildman–Crippen LogP) is 6.54. The molecule has 1 aliphatic carbocycles. The number of pyridine rings is 1. The molecule has 0 bridgehead atoms. The highest BCUT2D eigenvalue weighted by molar-refractivity contribution is 6.31. The van der Waals surface area contributed by atoms with E-state index in [0.29, 0.717) is 28.1 Å². The lowest BCUT2D eigenvalue weighted by Gasteiger charge is -2.31. The number of benzene rings is 2. The number of alkyl halides is 3. The summed E-state index contributed by atoms with van der Waals surface area (Å²) in [6.45, 7) is 0. The lowest BCUT2D eigenvalue weighted by atomic mass is 9.90. The topological polar surface area (TPSA) is 69.8 Å².